The van der Waals surface area contributed by atoms with Crippen LogP contribution in [0.3, 0.4) is 0 Å². The summed E-state index contributed by atoms with van der Waals surface area (Å²) in [4.78, 5) is 0. The van der Waals surface area contributed by atoms with Crippen molar-refractivity contribution in [2.75, 3.05) is 0 Å². The van der Waals surface area contributed by atoms with E-state index in [1.165, 1.54) is 5.20 Å². The van der Waals surface area contributed by atoms with Crippen LogP contribution in [0.25, 0.3) is 0 Å². The molecule has 1 aliphatic rings. The molecule has 0 aromatic carbocycles. The van der Waals surface area contributed by atoms with E-state index < -0.39 is 8.07 Å². The third-order valence-corrected chi connectivity index (χ3v) is 3.79. The van der Waals surface area contributed by atoms with E-state index in [-0.39, 0.29) is 0 Å². The van der Waals surface area contributed by atoms with E-state index in [9.17, 15) is 5.11 Å². The third kappa shape index (κ3) is 1.32. The minimum absolute atomic E-state index is 0.596. The molecule has 1 rings (SSSR count). The minimum Gasteiger partial charge on any atom is -0.512 e. The average Bonchev–Trinajstić information content (AvgIpc) is 2.11. The van der Waals surface area contributed by atoms with Crippen molar-refractivity contribution in [3.8, 4) is 0 Å². The fraction of sp³-hybridized carbons (Fsp3) is 0.500. The number of hydrogen-bond donors (Lipinski definition) is 1. The van der Waals surface area contributed by atoms with Crippen LogP contribution in [-0.2, 0) is 0 Å². The zero-order valence-corrected chi connectivity index (χ0v) is 7.81. The first kappa shape index (κ1) is 7.60. The maximum Gasteiger partial charge on any atom is 0.0952 e. The van der Waals surface area contributed by atoms with Gasteiger partial charge in [0, 0.05) is 6.42 Å². The molecule has 10 heavy (non-hydrogen) atoms. The fourth-order valence-electron chi connectivity index (χ4n) is 1.18. The summed E-state index contributed by atoms with van der Waals surface area (Å²) in [7, 11) is -1.24. The van der Waals surface area contributed by atoms with Gasteiger partial charge in [-0.3, -0.25) is 0 Å². The lowest BCUT2D eigenvalue weighted by atomic mass is 10.4. The van der Waals surface area contributed by atoms with Gasteiger partial charge in [0.15, 0.2) is 0 Å². The molecule has 0 spiro atoms. The Morgan fingerprint density at radius 2 is 2.00 bits per heavy atom. The molecule has 0 bridgehead atoms. The summed E-state index contributed by atoms with van der Waals surface area (Å²) in [6, 6.07) is 0. The van der Waals surface area contributed by atoms with E-state index in [0.29, 0.717) is 5.76 Å². The molecule has 0 aromatic heterocycles. The molecule has 0 heterocycles. The third-order valence-electron chi connectivity index (χ3n) is 1.71. The molecule has 56 valence electrons. The van der Waals surface area contributed by atoms with Crippen LogP contribution in [0, 0.1) is 0 Å². The zero-order chi connectivity index (χ0) is 7.78. The van der Waals surface area contributed by atoms with Gasteiger partial charge in [0.1, 0.15) is 0 Å². The van der Waals surface area contributed by atoms with Crippen LogP contribution in [0.5, 0.6) is 0 Å². The highest BCUT2D eigenvalue weighted by Gasteiger charge is 2.23. The van der Waals surface area contributed by atoms with Gasteiger partial charge in [-0.25, -0.2) is 0 Å². The van der Waals surface area contributed by atoms with Crippen molar-refractivity contribution < 1.29 is 5.11 Å². The lowest BCUT2D eigenvalue weighted by Crippen LogP contribution is -2.23. The number of hydrogen-bond acceptors (Lipinski definition) is 1. The van der Waals surface area contributed by atoms with Gasteiger partial charge in [-0.05, 0) is 5.20 Å². The first-order valence-corrected chi connectivity index (χ1v) is 7.11. The second kappa shape index (κ2) is 2.27. The van der Waals surface area contributed by atoms with Gasteiger partial charge in [-0.2, -0.15) is 0 Å². The average molecular weight is 154 g/mol. The molecule has 2 heteroatoms. The largest absolute Gasteiger partial charge is 0.512 e. The van der Waals surface area contributed by atoms with Crippen LogP contribution >= 0.6 is 0 Å². The van der Waals surface area contributed by atoms with Crippen LogP contribution in [0.1, 0.15) is 6.42 Å². The molecule has 1 N–H and O–H groups in total. The molecule has 0 fully saturated rings. The molecule has 0 amide bonds. The van der Waals surface area contributed by atoms with Crippen LogP contribution in [0.4, 0.5) is 0 Å². The normalized spacial score (nSPS) is 18.7. The molecule has 0 saturated carbocycles. The van der Waals surface area contributed by atoms with Crippen LogP contribution in [0.2, 0.25) is 19.6 Å². The van der Waals surface area contributed by atoms with E-state index in [1.807, 2.05) is 6.08 Å². The second-order valence-corrected chi connectivity index (χ2v) is 8.76. The Morgan fingerprint density at radius 3 is 2.20 bits per heavy atom. The molecular weight excluding hydrogens is 140 g/mol. The maximum absolute atomic E-state index is 9.38. The van der Waals surface area contributed by atoms with Crippen molar-refractivity contribution in [1.29, 1.82) is 0 Å². The highest BCUT2D eigenvalue weighted by atomic mass is 28.3. The Bertz CT molecular complexity index is 196. The topological polar surface area (TPSA) is 20.2 Å². The molecule has 0 aromatic rings. The Morgan fingerprint density at radius 1 is 1.40 bits per heavy atom. The van der Waals surface area contributed by atoms with Crippen molar-refractivity contribution in [3.63, 3.8) is 0 Å². The van der Waals surface area contributed by atoms with Crippen molar-refractivity contribution >= 4 is 8.07 Å². The molecule has 1 nitrogen and oxygen atoms in total. The van der Waals surface area contributed by atoms with Gasteiger partial charge >= 0.3 is 0 Å². The van der Waals surface area contributed by atoms with E-state index in [2.05, 4.69) is 25.7 Å². The van der Waals surface area contributed by atoms with Gasteiger partial charge in [0.25, 0.3) is 0 Å². The highest BCUT2D eigenvalue weighted by molar-refractivity contribution is 6.83. The lowest BCUT2D eigenvalue weighted by Gasteiger charge is -2.16. The maximum atomic E-state index is 9.38. The Kier molecular flexibility index (Phi) is 1.73. The quantitative estimate of drug-likeness (QED) is 0.576. The van der Waals surface area contributed by atoms with Crippen LogP contribution in [0.15, 0.2) is 23.1 Å². The lowest BCUT2D eigenvalue weighted by molar-refractivity contribution is 0.402. The van der Waals surface area contributed by atoms with Gasteiger partial charge in [-0.1, -0.05) is 31.8 Å². The zero-order valence-electron chi connectivity index (χ0n) is 6.81. The van der Waals surface area contributed by atoms with Gasteiger partial charge < -0.3 is 5.11 Å². The van der Waals surface area contributed by atoms with E-state index >= 15 is 0 Å². The van der Waals surface area contributed by atoms with Crippen molar-refractivity contribution in [2.24, 2.45) is 0 Å². The first-order chi connectivity index (χ1) is 4.52. The van der Waals surface area contributed by atoms with Crippen molar-refractivity contribution in [1.82, 2.24) is 0 Å². The van der Waals surface area contributed by atoms with Crippen LogP contribution in [-0.4, -0.2) is 13.2 Å². The summed E-state index contributed by atoms with van der Waals surface area (Å²) in [5, 5.41) is 10.6. The smallest absolute Gasteiger partial charge is 0.0952 e. The molecule has 1 aliphatic carbocycles. The highest BCUT2D eigenvalue weighted by Crippen LogP contribution is 2.25. The van der Waals surface area contributed by atoms with Crippen molar-refractivity contribution in [3.05, 3.63) is 23.1 Å². The number of rotatable bonds is 1. The van der Waals surface area contributed by atoms with Gasteiger partial charge in [0.05, 0.1) is 13.8 Å². The van der Waals surface area contributed by atoms with Gasteiger partial charge in [-0.15, -0.1) is 0 Å². The molecule has 0 radical (unpaired) electrons. The SMILES string of the molecule is C[Si](C)(C)C1=C(O)CC=C1. The van der Waals surface area contributed by atoms with Gasteiger partial charge in [0.2, 0.25) is 0 Å². The molecule has 0 aliphatic heterocycles. The minimum atomic E-state index is -1.24. The summed E-state index contributed by atoms with van der Waals surface area (Å²) in [5.41, 5.74) is 0. The fourth-order valence-corrected chi connectivity index (χ4v) is 2.76. The monoisotopic (exact) mass is 154 g/mol. The molecule has 0 atom stereocenters. The molecule has 0 unspecified atom stereocenters. The predicted molar refractivity (Wildman–Crippen MR) is 46.8 cm³/mol. The Balaban J connectivity index is 2.91. The number of aliphatic hydroxyl groups is 1. The number of aliphatic hydroxyl groups excluding tert-OH is 1. The van der Waals surface area contributed by atoms with E-state index in [1.54, 1.807) is 0 Å². The summed E-state index contributed by atoms with van der Waals surface area (Å²) in [6.45, 7) is 6.73. The standard InChI is InChI=1S/C8H14OSi/c1-10(2,3)8-6-4-5-7(8)9/h4,6,9H,5H2,1-3H3. The van der Waals surface area contributed by atoms with E-state index in [4.69, 9.17) is 0 Å². The first-order valence-electron chi connectivity index (χ1n) is 3.61. The second-order valence-electron chi connectivity index (χ2n) is 3.72. The summed E-state index contributed by atoms with van der Waals surface area (Å²) < 4.78 is 0. The molecule has 0 saturated heterocycles. The summed E-state index contributed by atoms with van der Waals surface area (Å²) in [5.74, 6) is 0.596. The van der Waals surface area contributed by atoms with Crippen LogP contribution < -0.4 is 0 Å². The summed E-state index contributed by atoms with van der Waals surface area (Å²) >= 11 is 0. The van der Waals surface area contributed by atoms with E-state index in [0.717, 1.165) is 6.42 Å². The Hall–Kier alpha value is -0.503. The Labute approximate surface area is 63.1 Å². The summed E-state index contributed by atoms with van der Waals surface area (Å²) in [6.07, 6.45) is 4.85. The molecular formula is C8H14OSi. The predicted octanol–water partition coefficient (Wildman–Crippen LogP) is 2.64. The van der Waals surface area contributed by atoms with Crippen molar-refractivity contribution in [2.45, 2.75) is 26.1 Å². The number of allylic oxidation sites excluding steroid dienone is 3.